The second-order valence-corrected chi connectivity index (χ2v) is 5.41. The van der Waals surface area contributed by atoms with Crippen LogP contribution in [0.5, 0.6) is 0 Å². The Morgan fingerprint density at radius 1 is 1.44 bits per heavy atom. The van der Waals surface area contributed by atoms with Crippen molar-refractivity contribution in [3.8, 4) is 0 Å². The fourth-order valence-electron chi connectivity index (χ4n) is 2.94. The Hall–Kier alpha value is -0.340. The zero-order valence-corrected chi connectivity index (χ0v) is 10.6. The predicted molar refractivity (Wildman–Crippen MR) is 67.6 cm³/mol. The summed E-state index contributed by atoms with van der Waals surface area (Å²) in [6.07, 6.45) is 10.5. The molecule has 2 rings (SSSR count). The van der Waals surface area contributed by atoms with E-state index in [4.69, 9.17) is 4.74 Å². The Balaban J connectivity index is 1.68. The molecule has 1 fully saturated rings. The lowest BCUT2D eigenvalue weighted by Crippen LogP contribution is -2.40. The lowest BCUT2D eigenvalue weighted by molar-refractivity contribution is 0.114. The molecule has 1 saturated carbocycles. The fourth-order valence-corrected chi connectivity index (χ4v) is 2.94. The van der Waals surface area contributed by atoms with Crippen molar-refractivity contribution in [2.24, 2.45) is 5.41 Å². The first-order valence-electron chi connectivity index (χ1n) is 6.81. The summed E-state index contributed by atoms with van der Waals surface area (Å²) in [5.74, 6) is 0. The highest BCUT2D eigenvalue weighted by Crippen LogP contribution is 2.44. The van der Waals surface area contributed by atoms with Gasteiger partial charge in [0, 0.05) is 13.1 Å². The Bertz CT molecular complexity index is 243. The zero-order valence-electron chi connectivity index (χ0n) is 10.6. The second kappa shape index (κ2) is 5.83. The SMILES string of the molecule is CCCC1(CNCC2=CCCOC2)CCC1. The third kappa shape index (κ3) is 3.08. The van der Waals surface area contributed by atoms with Crippen molar-refractivity contribution in [1.82, 2.24) is 5.32 Å². The minimum atomic E-state index is 0.644. The van der Waals surface area contributed by atoms with Gasteiger partial charge in [-0.05, 0) is 36.7 Å². The molecular weight excluding hydrogens is 198 g/mol. The number of nitrogens with one attached hydrogen (secondary N) is 1. The molecule has 0 bridgehead atoms. The summed E-state index contributed by atoms with van der Waals surface area (Å²) in [6.45, 7) is 6.29. The molecular formula is C14H25NO. The number of hydrogen-bond donors (Lipinski definition) is 1. The van der Waals surface area contributed by atoms with Gasteiger partial charge in [-0.3, -0.25) is 0 Å². The highest BCUT2D eigenvalue weighted by Gasteiger charge is 2.35. The van der Waals surface area contributed by atoms with Crippen molar-refractivity contribution < 1.29 is 4.74 Å². The molecule has 0 unspecified atom stereocenters. The molecule has 0 amide bonds. The van der Waals surface area contributed by atoms with Crippen molar-refractivity contribution in [2.45, 2.75) is 45.4 Å². The van der Waals surface area contributed by atoms with Crippen LogP contribution in [0.2, 0.25) is 0 Å². The van der Waals surface area contributed by atoms with Gasteiger partial charge in [0.25, 0.3) is 0 Å². The first kappa shape index (κ1) is 12.1. The minimum absolute atomic E-state index is 0.644. The zero-order chi connectivity index (χ0) is 11.3. The van der Waals surface area contributed by atoms with Gasteiger partial charge in [0.05, 0.1) is 13.2 Å². The Morgan fingerprint density at radius 3 is 2.88 bits per heavy atom. The summed E-state index contributed by atoms with van der Waals surface area (Å²) in [4.78, 5) is 0. The molecule has 16 heavy (non-hydrogen) atoms. The average molecular weight is 223 g/mol. The first-order valence-corrected chi connectivity index (χ1v) is 6.81. The lowest BCUT2D eigenvalue weighted by atomic mass is 9.66. The normalized spacial score (nSPS) is 23.7. The molecule has 0 saturated heterocycles. The summed E-state index contributed by atoms with van der Waals surface area (Å²) >= 11 is 0. The van der Waals surface area contributed by atoms with Crippen LogP contribution in [0.4, 0.5) is 0 Å². The maximum absolute atomic E-state index is 5.44. The van der Waals surface area contributed by atoms with Crippen LogP contribution in [0.3, 0.4) is 0 Å². The predicted octanol–water partition coefficient (Wildman–Crippen LogP) is 2.89. The summed E-state index contributed by atoms with van der Waals surface area (Å²) in [6, 6.07) is 0. The van der Waals surface area contributed by atoms with Crippen LogP contribution in [0.15, 0.2) is 11.6 Å². The fraction of sp³-hybridized carbons (Fsp3) is 0.857. The monoisotopic (exact) mass is 223 g/mol. The van der Waals surface area contributed by atoms with E-state index in [1.165, 1.54) is 44.2 Å². The summed E-state index contributed by atoms with van der Waals surface area (Å²) in [5, 5.41) is 3.63. The van der Waals surface area contributed by atoms with Gasteiger partial charge in [-0.2, -0.15) is 0 Å². The Labute approximate surface area is 99.4 Å². The first-order chi connectivity index (χ1) is 7.85. The van der Waals surface area contributed by atoms with Gasteiger partial charge in [-0.25, -0.2) is 0 Å². The Kier molecular flexibility index (Phi) is 4.42. The Morgan fingerprint density at radius 2 is 2.31 bits per heavy atom. The maximum atomic E-state index is 5.44. The van der Waals surface area contributed by atoms with Gasteiger partial charge in [-0.15, -0.1) is 0 Å². The summed E-state index contributed by atoms with van der Waals surface area (Å²) < 4.78 is 5.44. The molecule has 1 aliphatic heterocycles. The van der Waals surface area contributed by atoms with Crippen LogP contribution >= 0.6 is 0 Å². The molecule has 0 atom stereocenters. The van der Waals surface area contributed by atoms with E-state index in [0.29, 0.717) is 5.41 Å². The van der Waals surface area contributed by atoms with Gasteiger partial charge in [0.2, 0.25) is 0 Å². The molecule has 0 spiro atoms. The van der Waals surface area contributed by atoms with Crippen molar-refractivity contribution in [3.05, 3.63) is 11.6 Å². The molecule has 2 aliphatic rings. The van der Waals surface area contributed by atoms with Crippen LogP contribution in [-0.4, -0.2) is 26.3 Å². The second-order valence-electron chi connectivity index (χ2n) is 5.41. The summed E-state index contributed by atoms with van der Waals surface area (Å²) in [5.41, 5.74) is 2.09. The number of hydrogen-bond acceptors (Lipinski definition) is 2. The molecule has 1 N–H and O–H groups in total. The van der Waals surface area contributed by atoms with Gasteiger partial charge in [0.1, 0.15) is 0 Å². The van der Waals surface area contributed by atoms with Gasteiger partial charge in [0.15, 0.2) is 0 Å². The summed E-state index contributed by atoms with van der Waals surface area (Å²) in [7, 11) is 0. The molecule has 92 valence electrons. The highest BCUT2D eigenvalue weighted by molar-refractivity contribution is 5.07. The van der Waals surface area contributed by atoms with Crippen molar-refractivity contribution in [3.63, 3.8) is 0 Å². The quantitative estimate of drug-likeness (QED) is 0.699. The van der Waals surface area contributed by atoms with E-state index < -0.39 is 0 Å². The minimum Gasteiger partial charge on any atom is -0.377 e. The van der Waals surface area contributed by atoms with Gasteiger partial charge < -0.3 is 10.1 Å². The van der Waals surface area contributed by atoms with E-state index >= 15 is 0 Å². The van der Waals surface area contributed by atoms with Crippen LogP contribution in [0.25, 0.3) is 0 Å². The van der Waals surface area contributed by atoms with E-state index in [1.807, 2.05) is 0 Å². The smallest absolute Gasteiger partial charge is 0.0689 e. The number of rotatable bonds is 6. The van der Waals surface area contributed by atoms with E-state index in [-0.39, 0.29) is 0 Å². The third-order valence-electron chi connectivity index (χ3n) is 4.03. The van der Waals surface area contributed by atoms with E-state index in [2.05, 4.69) is 18.3 Å². The molecule has 0 aromatic carbocycles. The standard InChI is InChI=1S/C14H25NO/c1-2-6-14(7-4-8-14)12-15-10-13-5-3-9-16-11-13/h5,15H,2-4,6-12H2,1H3. The van der Waals surface area contributed by atoms with Crippen LogP contribution in [0, 0.1) is 5.41 Å². The van der Waals surface area contributed by atoms with Crippen molar-refractivity contribution >= 4 is 0 Å². The molecule has 0 aromatic rings. The lowest BCUT2D eigenvalue weighted by Gasteiger charge is -2.42. The molecule has 1 aliphatic carbocycles. The van der Waals surface area contributed by atoms with E-state index in [9.17, 15) is 0 Å². The largest absolute Gasteiger partial charge is 0.377 e. The molecule has 1 heterocycles. The highest BCUT2D eigenvalue weighted by atomic mass is 16.5. The van der Waals surface area contributed by atoms with E-state index in [1.54, 1.807) is 0 Å². The van der Waals surface area contributed by atoms with Crippen molar-refractivity contribution in [1.29, 1.82) is 0 Å². The number of ether oxygens (including phenoxy) is 1. The average Bonchev–Trinajstić information content (AvgIpc) is 2.27. The molecule has 0 radical (unpaired) electrons. The van der Waals surface area contributed by atoms with E-state index in [0.717, 1.165) is 26.2 Å². The van der Waals surface area contributed by atoms with Gasteiger partial charge in [-0.1, -0.05) is 25.8 Å². The van der Waals surface area contributed by atoms with Crippen LogP contribution < -0.4 is 5.32 Å². The molecule has 2 nitrogen and oxygen atoms in total. The van der Waals surface area contributed by atoms with Gasteiger partial charge >= 0.3 is 0 Å². The molecule has 2 heteroatoms. The van der Waals surface area contributed by atoms with Crippen LogP contribution in [-0.2, 0) is 4.74 Å². The third-order valence-corrected chi connectivity index (χ3v) is 4.03. The molecule has 0 aromatic heterocycles. The maximum Gasteiger partial charge on any atom is 0.0689 e. The van der Waals surface area contributed by atoms with Crippen molar-refractivity contribution in [2.75, 3.05) is 26.3 Å². The topological polar surface area (TPSA) is 21.3 Å². The van der Waals surface area contributed by atoms with Crippen LogP contribution in [0.1, 0.15) is 45.4 Å².